The second-order valence-corrected chi connectivity index (χ2v) is 7.74. The minimum absolute atomic E-state index is 0.101. The summed E-state index contributed by atoms with van der Waals surface area (Å²) in [6.45, 7) is 12.0. The number of anilines is 1. The molecule has 2 heterocycles. The Morgan fingerprint density at radius 1 is 1.25 bits per heavy atom. The lowest BCUT2D eigenvalue weighted by atomic mass is 9.92. The number of aromatic nitrogens is 1. The molecule has 0 spiro atoms. The molecule has 1 aromatic carbocycles. The van der Waals surface area contributed by atoms with Crippen LogP contribution in [0.2, 0.25) is 0 Å². The SMILES string of the molecule is CC1CN(c2ccc([N+](=O)[O-])c3cc(C(C)(C)C)[nH]c23)CC(C)O1. The second kappa shape index (κ2) is 5.77. The molecule has 0 radical (unpaired) electrons. The summed E-state index contributed by atoms with van der Waals surface area (Å²) >= 11 is 0. The summed E-state index contributed by atoms with van der Waals surface area (Å²) < 4.78 is 5.81. The second-order valence-electron chi connectivity index (χ2n) is 7.74. The number of nitro groups is 1. The highest BCUT2D eigenvalue weighted by Gasteiger charge is 2.27. The summed E-state index contributed by atoms with van der Waals surface area (Å²) in [5.74, 6) is 0. The predicted molar refractivity (Wildman–Crippen MR) is 95.9 cm³/mol. The number of nitro benzene ring substituents is 1. The number of aromatic amines is 1. The Hall–Kier alpha value is -2.08. The van der Waals surface area contributed by atoms with E-state index in [0.717, 1.165) is 30.0 Å². The van der Waals surface area contributed by atoms with Gasteiger partial charge in [-0.3, -0.25) is 10.1 Å². The van der Waals surface area contributed by atoms with Gasteiger partial charge in [-0.15, -0.1) is 0 Å². The van der Waals surface area contributed by atoms with Crippen LogP contribution >= 0.6 is 0 Å². The fourth-order valence-electron chi connectivity index (χ4n) is 3.39. The lowest BCUT2D eigenvalue weighted by molar-refractivity contribution is -0.383. The summed E-state index contributed by atoms with van der Waals surface area (Å²) in [7, 11) is 0. The molecular formula is C18H25N3O3. The van der Waals surface area contributed by atoms with Crippen molar-refractivity contribution in [3.63, 3.8) is 0 Å². The van der Waals surface area contributed by atoms with Crippen molar-refractivity contribution >= 4 is 22.3 Å². The Morgan fingerprint density at radius 2 is 1.88 bits per heavy atom. The number of fused-ring (bicyclic) bond motifs is 1. The average Bonchev–Trinajstić information content (AvgIpc) is 2.89. The van der Waals surface area contributed by atoms with E-state index in [1.807, 2.05) is 12.1 Å². The molecule has 1 saturated heterocycles. The van der Waals surface area contributed by atoms with E-state index >= 15 is 0 Å². The van der Waals surface area contributed by atoms with E-state index < -0.39 is 0 Å². The Balaban J connectivity index is 2.16. The first-order valence-electron chi connectivity index (χ1n) is 8.38. The van der Waals surface area contributed by atoms with E-state index in [2.05, 4.69) is 44.5 Å². The minimum atomic E-state index is -0.309. The normalized spacial score (nSPS) is 22.1. The van der Waals surface area contributed by atoms with Gasteiger partial charge in [0.25, 0.3) is 5.69 Å². The molecule has 6 nitrogen and oxygen atoms in total. The fourth-order valence-corrected chi connectivity index (χ4v) is 3.39. The van der Waals surface area contributed by atoms with Gasteiger partial charge < -0.3 is 14.6 Å². The van der Waals surface area contributed by atoms with Crippen molar-refractivity contribution in [3.05, 3.63) is 34.0 Å². The number of ether oxygens (including phenoxy) is 1. The van der Waals surface area contributed by atoms with Gasteiger partial charge >= 0.3 is 0 Å². The van der Waals surface area contributed by atoms with Gasteiger partial charge in [-0.05, 0) is 26.0 Å². The van der Waals surface area contributed by atoms with E-state index in [0.29, 0.717) is 5.39 Å². The third-order valence-corrected chi connectivity index (χ3v) is 4.51. The number of rotatable bonds is 2. The average molecular weight is 331 g/mol. The van der Waals surface area contributed by atoms with Crippen LogP contribution in [-0.2, 0) is 10.2 Å². The van der Waals surface area contributed by atoms with Crippen LogP contribution in [0, 0.1) is 10.1 Å². The summed E-state index contributed by atoms with van der Waals surface area (Å²) in [5.41, 5.74) is 2.90. The summed E-state index contributed by atoms with van der Waals surface area (Å²) in [6.07, 6.45) is 0.270. The highest BCUT2D eigenvalue weighted by atomic mass is 16.6. The maximum absolute atomic E-state index is 11.4. The Morgan fingerprint density at radius 3 is 2.42 bits per heavy atom. The number of nitrogens with one attached hydrogen (secondary N) is 1. The van der Waals surface area contributed by atoms with E-state index in [4.69, 9.17) is 4.74 Å². The Kier molecular flexibility index (Phi) is 4.03. The van der Waals surface area contributed by atoms with Crippen molar-refractivity contribution in [1.29, 1.82) is 0 Å². The van der Waals surface area contributed by atoms with Crippen LogP contribution in [-0.4, -0.2) is 35.2 Å². The van der Waals surface area contributed by atoms with Crippen molar-refractivity contribution in [1.82, 2.24) is 4.98 Å². The Bertz CT molecular complexity index is 766. The number of H-pyrrole nitrogens is 1. The van der Waals surface area contributed by atoms with E-state index in [9.17, 15) is 10.1 Å². The van der Waals surface area contributed by atoms with Crippen molar-refractivity contribution < 1.29 is 9.66 Å². The van der Waals surface area contributed by atoms with Crippen LogP contribution in [0.5, 0.6) is 0 Å². The molecular weight excluding hydrogens is 306 g/mol. The van der Waals surface area contributed by atoms with Crippen LogP contribution in [0.4, 0.5) is 11.4 Å². The molecule has 3 rings (SSSR count). The smallest absolute Gasteiger partial charge is 0.278 e. The van der Waals surface area contributed by atoms with Gasteiger partial charge in [-0.25, -0.2) is 0 Å². The van der Waals surface area contributed by atoms with Crippen LogP contribution in [0.15, 0.2) is 18.2 Å². The highest BCUT2D eigenvalue weighted by Crippen LogP contribution is 2.37. The van der Waals surface area contributed by atoms with E-state index in [1.165, 1.54) is 0 Å². The number of hydrogen-bond donors (Lipinski definition) is 1. The lowest BCUT2D eigenvalue weighted by Crippen LogP contribution is -2.45. The maximum Gasteiger partial charge on any atom is 0.278 e. The zero-order chi connectivity index (χ0) is 17.6. The molecule has 0 amide bonds. The molecule has 6 heteroatoms. The third kappa shape index (κ3) is 2.98. The van der Waals surface area contributed by atoms with Crippen molar-refractivity contribution in [2.24, 2.45) is 0 Å². The van der Waals surface area contributed by atoms with Crippen molar-refractivity contribution in [3.8, 4) is 0 Å². The maximum atomic E-state index is 11.4. The molecule has 1 fully saturated rings. The van der Waals surface area contributed by atoms with Crippen molar-refractivity contribution in [2.45, 2.75) is 52.2 Å². The number of benzene rings is 1. The molecule has 1 aliphatic rings. The first-order chi connectivity index (χ1) is 11.2. The molecule has 1 aromatic heterocycles. The first kappa shape index (κ1) is 16.8. The number of hydrogen-bond acceptors (Lipinski definition) is 4. The van der Waals surface area contributed by atoms with Crippen LogP contribution in [0.3, 0.4) is 0 Å². The summed E-state index contributed by atoms with van der Waals surface area (Å²) in [4.78, 5) is 16.8. The van der Waals surface area contributed by atoms with Gasteiger partial charge in [0.2, 0.25) is 0 Å². The topological polar surface area (TPSA) is 71.4 Å². The molecule has 1 N–H and O–H groups in total. The molecule has 0 bridgehead atoms. The van der Waals surface area contributed by atoms with Gasteiger partial charge in [0.15, 0.2) is 0 Å². The summed E-state index contributed by atoms with van der Waals surface area (Å²) in [5, 5.41) is 12.1. The van der Waals surface area contributed by atoms with Gasteiger partial charge in [0, 0.05) is 30.3 Å². The molecule has 0 aliphatic carbocycles. The largest absolute Gasteiger partial charge is 0.372 e. The third-order valence-electron chi connectivity index (χ3n) is 4.51. The zero-order valence-corrected chi connectivity index (χ0v) is 14.9. The van der Waals surface area contributed by atoms with Crippen LogP contribution in [0.25, 0.3) is 10.9 Å². The first-order valence-corrected chi connectivity index (χ1v) is 8.38. The highest BCUT2D eigenvalue weighted by molar-refractivity contribution is 5.98. The standard InChI is InChI=1S/C18H25N3O3/c1-11-9-20(10-12(2)24-11)15-7-6-14(21(22)23)13-8-16(18(3,4)5)19-17(13)15/h6-8,11-12,19H,9-10H2,1-5H3. The monoisotopic (exact) mass is 331 g/mol. The Labute approximate surface area is 141 Å². The van der Waals surface area contributed by atoms with E-state index in [1.54, 1.807) is 6.07 Å². The number of morpholine rings is 1. The molecule has 2 unspecified atom stereocenters. The van der Waals surface area contributed by atoms with Crippen molar-refractivity contribution in [2.75, 3.05) is 18.0 Å². The fraction of sp³-hybridized carbons (Fsp3) is 0.556. The van der Waals surface area contributed by atoms with Gasteiger partial charge in [-0.2, -0.15) is 0 Å². The lowest BCUT2D eigenvalue weighted by Gasteiger charge is -2.37. The van der Waals surface area contributed by atoms with Gasteiger partial charge in [0.05, 0.1) is 33.7 Å². The molecule has 24 heavy (non-hydrogen) atoms. The predicted octanol–water partition coefficient (Wildman–Crippen LogP) is 3.99. The minimum Gasteiger partial charge on any atom is -0.372 e. The van der Waals surface area contributed by atoms with E-state index in [-0.39, 0.29) is 28.2 Å². The molecule has 0 saturated carbocycles. The zero-order valence-electron chi connectivity index (χ0n) is 14.9. The van der Waals surface area contributed by atoms with Gasteiger partial charge in [-0.1, -0.05) is 20.8 Å². The van der Waals surface area contributed by atoms with Crippen LogP contribution in [0.1, 0.15) is 40.3 Å². The quantitative estimate of drug-likeness (QED) is 0.667. The van der Waals surface area contributed by atoms with Gasteiger partial charge in [0.1, 0.15) is 0 Å². The molecule has 1 aliphatic heterocycles. The number of non-ortho nitro benzene ring substituents is 1. The molecule has 2 aromatic rings. The number of nitrogens with zero attached hydrogens (tertiary/aromatic N) is 2. The molecule has 130 valence electrons. The molecule has 2 atom stereocenters. The van der Waals surface area contributed by atoms with Crippen LogP contribution < -0.4 is 4.90 Å². The summed E-state index contributed by atoms with van der Waals surface area (Å²) in [6, 6.07) is 5.39.